The summed E-state index contributed by atoms with van der Waals surface area (Å²) in [5.41, 5.74) is 3.46. The maximum Gasteiger partial charge on any atom is 0.243 e. The van der Waals surface area contributed by atoms with Crippen LogP contribution >= 0.6 is 0 Å². The van der Waals surface area contributed by atoms with E-state index >= 15 is 0 Å². The number of nitrogens with zero attached hydrogens (tertiary/aromatic N) is 2. The van der Waals surface area contributed by atoms with Crippen molar-refractivity contribution in [1.29, 1.82) is 0 Å². The van der Waals surface area contributed by atoms with Gasteiger partial charge in [0, 0.05) is 37.3 Å². The molecule has 0 radical (unpaired) electrons. The van der Waals surface area contributed by atoms with Gasteiger partial charge in [0.1, 0.15) is 6.10 Å². The van der Waals surface area contributed by atoms with Gasteiger partial charge in [-0.05, 0) is 76.5 Å². The van der Waals surface area contributed by atoms with Crippen molar-refractivity contribution < 1.29 is 17.9 Å². The van der Waals surface area contributed by atoms with Crippen LogP contribution < -0.4 is 10.1 Å². The monoisotopic (exact) mass is 485 g/mol. The summed E-state index contributed by atoms with van der Waals surface area (Å²) in [4.78, 5) is 17.6. The van der Waals surface area contributed by atoms with Gasteiger partial charge in [-0.25, -0.2) is 13.4 Å². The number of amides is 1. The highest BCUT2D eigenvalue weighted by molar-refractivity contribution is 7.89. The molecule has 0 bridgehead atoms. The predicted octanol–water partition coefficient (Wildman–Crippen LogP) is 4.05. The van der Waals surface area contributed by atoms with Crippen molar-refractivity contribution >= 4 is 15.9 Å². The lowest BCUT2D eigenvalue weighted by Crippen LogP contribution is -2.43. The largest absolute Gasteiger partial charge is 0.474 e. The van der Waals surface area contributed by atoms with Crippen molar-refractivity contribution in [3.63, 3.8) is 0 Å². The van der Waals surface area contributed by atoms with Gasteiger partial charge in [0.05, 0.1) is 4.90 Å². The number of aryl methyl sites for hydroxylation is 3. The van der Waals surface area contributed by atoms with Crippen molar-refractivity contribution in [2.24, 2.45) is 5.92 Å². The van der Waals surface area contributed by atoms with Crippen molar-refractivity contribution in [2.45, 2.75) is 76.8 Å². The van der Waals surface area contributed by atoms with Gasteiger partial charge in [0.2, 0.25) is 21.8 Å². The van der Waals surface area contributed by atoms with Gasteiger partial charge in [-0.1, -0.05) is 23.8 Å². The predicted molar refractivity (Wildman–Crippen MR) is 131 cm³/mol. The molecule has 1 amide bonds. The summed E-state index contributed by atoms with van der Waals surface area (Å²) in [6.07, 6.45) is 7.39. The lowest BCUT2D eigenvalue weighted by atomic mass is 9.97. The average Bonchev–Trinajstić information content (AvgIpc) is 3.30. The number of carbonyl (C=O) groups excluding carboxylic acids is 1. The summed E-state index contributed by atoms with van der Waals surface area (Å²) in [6.45, 7) is 6.70. The Morgan fingerprint density at radius 3 is 2.38 bits per heavy atom. The van der Waals surface area contributed by atoms with E-state index in [0.717, 1.165) is 35.1 Å². The Morgan fingerprint density at radius 2 is 1.74 bits per heavy atom. The van der Waals surface area contributed by atoms with E-state index in [1.165, 1.54) is 17.1 Å². The van der Waals surface area contributed by atoms with E-state index in [1.807, 2.05) is 45.0 Å². The molecule has 34 heavy (non-hydrogen) atoms. The first-order valence-electron chi connectivity index (χ1n) is 12.2. The lowest BCUT2D eigenvalue weighted by Gasteiger charge is -2.31. The molecule has 4 rings (SSSR count). The SMILES string of the molecule is Cc1cc(C)c(S(=O)(=O)N2CCC(C(=O)NCc3cccnc3OC3CCCC3)CC2)c(C)c1. The van der Waals surface area contributed by atoms with Gasteiger partial charge in [-0.3, -0.25) is 4.79 Å². The molecule has 8 heteroatoms. The zero-order chi connectivity index (χ0) is 24.3. The summed E-state index contributed by atoms with van der Waals surface area (Å²) >= 11 is 0. The number of aromatic nitrogens is 1. The summed E-state index contributed by atoms with van der Waals surface area (Å²) in [5, 5.41) is 3.02. The van der Waals surface area contributed by atoms with Crippen LogP contribution in [0, 0.1) is 26.7 Å². The number of sulfonamides is 1. The molecule has 1 N–H and O–H groups in total. The highest BCUT2D eigenvalue weighted by atomic mass is 32.2. The molecule has 1 aromatic heterocycles. The summed E-state index contributed by atoms with van der Waals surface area (Å²) in [7, 11) is -3.58. The van der Waals surface area contributed by atoms with E-state index in [2.05, 4.69) is 10.3 Å². The first-order chi connectivity index (χ1) is 16.3. The molecule has 2 aromatic rings. The molecule has 184 valence electrons. The van der Waals surface area contributed by atoms with Gasteiger partial charge < -0.3 is 10.1 Å². The summed E-state index contributed by atoms with van der Waals surface area (Å²) in [5.74, 6) is 0.345. The van der Waals surface area contributed by atoms with Crippen LogP contribution in [0.3, 0.4) is 0 Å². The molecular weight excluding hydrogens is 450 g/mol. The Bertz CT molecular complexity index is 1110. The molecule has 0 atom stereocenters. The van der Waals surface area contributed by atoms with Crippen molar-refractivity contribution in [3.05, 3.63) is 52.7 Å². The average molecular weight is 486 g/mol. The number of hydrogen-bond donors (Lipinski definition) is 1. The molecule has 2 aliphatic rings. The number of nitrogens with one attached hydrogen (secondary N) is 1. The lowest BCUT2D eigenvalue weighted by molar-refractivity contribution is -0.126. The highest BCUT2D eigenvalue weighted by Crippen LogP contribution is 2.29. The number of pyridine rings is 1. The van der Waals surface area contributed by atoms with E-state index < -0.39 is 10.0 Å². The first-order valence-corrected chi connectivity index (χ1v) is 13.7. The number of rotatable bonds is 7. The second-order valence-corrected chi connectivity index (χ2v) is 11.5. The molecule has 1 saturated heterocycles. The van der Waals surface area contributed by atoms with Crippen LogP contribution in [-0.2, 0) is 21.4 Å². The zero-order valence-electron chi connectivity index (χ0n) is 20.3. The van der Waals surface area contributed by atoms with Crippen LogP contribution in [-0.4, -0.2) is 42.8 Å². The molecule has 7 nitrogen and oxygen atoms in total. The van der Waals surface area contributed by atoms with Crippen LogP contribution in [0.1, 0.15) is 60.8 Å². The smallest absolute Gasteiger partial charge is 0.243 e. The first kappa shape index (κ1) is 24.7. The Hall–Kier alpha value is -2.45. The fourth-order valence-corrected chi connectivity index (χ4v) is 7.10. The third-order valence-electron chi connectivity index (χ3n) is 6.91. The van der Waals surface area contributed by atoms with Crippen molar-refractivity contribution in [1.82, 2.24) is 14.6 Å². The Labute approximate surface area is 203 Å². The maximum absolute atomic E-state index is 13.3. The third-order valence-corrected chi connectivity index (χ3v) is 9.12. The van der Waals surface area contributed by atoms with Crippen LogP contribution in [0.4, 0.5) is 0 Å². The van der Waals surface area contributed by atoms with E-state index in [9.17, 15) is 13.2 Å². The van der Waals surface area contributed by atoms with Crippen LogP contribution in [0.5, 0.6) is 5.88 Å². The van der Waals surface area contributed by atoms with Gasteiger partial charge in [0.15, 0.2) is 0 Å². The van der Waals surface area contributed by atoms with E-state index in [-0.39, 0.29) is 17.9 Å². The summed E-state index contributed by atoms with van der Waals surface area (Å²) < 4.78 is 34.2. The standard InChI is InChI=1S/C26H35N3O4S/c1-18-15-19(2)24(20(3)16-18)34(31,32)29-13-10-21(11-14-29)25(30)28-17-22-7-6-12-27-26(22)33-23-8-4-5-9-23/h6-7,12,15-16,21,23H,4-5,8-11,13-14,17H2,1-3H3,(H,28,30). The molecule has 0 unspecified atom stereocenters. The van der Waals surface area contributed by atoms with E-state index in [4.69, 9.17) is 4.74 Å². The quantitative estimate of drug-likeness (QED) is 0.639. The van der Waals surface area contributed by atoms with Crippen LogP contribution in [0.15, 0.2) is 35.4 Å². The second-order valence-electron chi connectivity index (χ2n) is 9.62. The fourth-order valence-electron chi connectivity index (χ4n) is 5.22. The number of ether oxygens (including phenoxy) is 1. The normalized spacial score (nSPS) is 18.2. The van der Waals surface area contributed by atoms with E-state index in [0.29, 0.717) is 43.3 Å². The van der Waals surface area contributed by atoms with Gasteiger partial charge in [-0.15, -0.1) is 0 Å². The maximum atomic E-state index is 13.3. The molecule has 2 heterocycles. The number of hydrogen-bond acceptors (Lipinski definition) is 5. The molecule has 2 fully saturated rings. The van der Waals surface area contributed by atoms with E-state index in [1.54, 1.807) is 6.20 Å². The minimum absolute atomic E-state index is 0.0459. The highest BCUT2D eigenvalue weighted by Gasteiger charge is 2.33. The van der Waals surface area contributed by atoms with Crippen molar-refractivity contribution in [2.75, 3.05) is 13.1 Å². The molecule has 1 aliphatic carbocycles. The summed E-state index contributed by atoms with van der Waals surface area (Å²) in [6, 6.07) is 7.59. The third kappa shape index (κ3) is 5.44. The number of piperidine rings is 1. The van der Waals surface area contributed by atoms with Gasteiger partial charge in [0.25, 0.3) is 0 Å². The molecule has 0 spiro atoms. The minimum atomic E-state index is -3.58. The number of benzene rings is 1. The Kier molecular flexibility index (Phi) is 7.57. The van der Waals surface area contributed by atoms with Crippen LogP contribution in [0.25, 0.3) is 0 Å². The molecule has 1 aliphatic heterocycles. The Morgan fingerprint density at radius 1 is 1.09 bits per heavy atom. The molecule has 1 aromatic carbocycles. The second kappa shape index (κ2) is 10.4. The molecular formula is C26H35N3O4S. The molecule has 1 saturated carbocycles. The number of carbonyl (C=O) groups is 1. The Balaban J connectivity index is 1.34. The minimum Gasteiger partial charge on any atom is -0.474 e. The zero-order valence-corrected chi connectivity index (χ0v) is 21.2. The topological polar surface area (TPSA) is 88.6 Å². The van der Waals surface area contributed by atoms with Crippen LogP contribution in [0.2, 0.25) is 0 Å². The van der Waals surface area contributed by atoms with Crippen molar-refractivity contribution in [3.8, 4) is 5.88 Å². The van der Waals surface area contributed by atoms with Gasteiger partial charge >= 0.3 is 0 Å². The fraction of sp³-hybridized carbons (Fsp3) is 0.538. The van der Waals surface area contributed by atoms with Gasteiger partial charge in [-0.2, -0.15) is 4.31 Å².